The van der Waals surface area contributed by atoms with Crippen LogP contribution >= 0.6 is 15.3 Å². The highest BCUT2D eigenvalue weighted by Gasteiger charge is 2.34. The number of rotatable bonds is 10. The lowest BCUT2D eigenvalue weighted by molar-refractivity contribution is -0.385. The molecule has 0 saturated heterocycles. The second-order valence-electron chi connectivity index (χ2n) is 13.6. The fourth-order valence-electron chi connectivity index (χ4n) is 6.66. The molecule has 14 nitrogen and oxygen atoms in total. The number of hydrogen-bond donors (Lipinski definition) is 2. The summed E-state index contributed by atoms with van der Waals surface area (Å²) in [6.07, 6.45) is 0. The Morgan fingerprint density at radius 3 is 0.983 bits per heavy atom. The van der Waals surface area contributed by atoms with Crippen LogP contribution in [-0.2, 0) is 13.1 Å². The number of fused-ring (bicyclic) bond motifs is 6. The first kappa shape index (κ1) is 38.1. The van der Waals surface area contributed by atoms with Gasteiger partial charge in [0.25, 0.3) is 11.4 Å². The Bertz CT molecular complexity index is 2580. The summed E-state index contributed by atoms with van der Waals surface area (Å²) >= 11 is 0. The van der Waals surface area contributed by atoms with E-state index in [2.05, 4.69) is 10.2 Å². The molecule has 2 aliphatic heterocycles. The molecule has 0 fully saturated rings. The summed E-state index contributed by atoms with van der Waals surface area (Å²) < 4.78 is 37.1. The van der Waals surface area contributed by atoms with Gasteiger partial charge in [0.15, 0.2) is 0 Å². The summed E-state index contributed by atoms with van der Waals surface area (Å²) in [6.45, 7) is 0.285. The van der Waals surface area contributed by atoms with Crippen LogP contribution in [-0.4, -0.2) is 9.85 Å². The molecule has 0 spiro atoms. The Morgan fingerprint density at radius 2 is 0.700 bits per heavy atom. The van der Waals surface area contributed by atoms with Gasteiger partial charge in [-0.3, -0.25) is 30.4 Å². The fraction of sp³-hybridized carbons (Fsp3) is 0.0455. The van der Waals surface area contributed by atoms with Crippen molar-refractivity contribution in [3.05, 3.63) is 201 Å². The van der Waals surface area contributed by atoms with E-state index in [9.17, 15) is 20.2 Å². The lowest BCUT2D eigenvalue weighted by Gasteiger charge is -2.26. The van der Waals surface area contributed by atoms with Gasteiger partial charge in [0.1, 0.15) is 23.0 Å². The molecule has 0 radical (unpaired) electrons. The van der Waals surface area contributed by atoms with Gasteiger partial charge in [0.2, 0.25) is 0 Å². The van der Waals surface area contributed by atoms with Gasteiger partial charge in [0.05, 0.1) is 22.9 Å². The predicted molar refractivity (Wildman–Crippen MR) is 232 cm³/mol. The van der Waals surface area contributed by atoms with Gasteiger partial charge in [-0.1, -0.05) is 97.1 Å². The van der Waals surface area contributed by atoms with E-state index in [1.807, 2.05) is 121 Å². The minimum atomic E-state index is -3.40. The van der Waals surface area contributed by atoms with Gasteiger partial charge < -0.3 is 18.1 Å². The summed E-state index contributed by atoms with van der Waals surface area (Å²) in [5.41, 5.74) is 6.09. The molecule has 298 valence electrons. The Labute approximate surface area is 344 Å². The van der Waals surface area contributed by atoms with Gasteiger partial charge in [0, 0.05) is 57.9 Å². The van der Waals surface area contributed by atoms with Crippen LogP contribution in [0.4, 0.5) is 22.7 Å². The topological polar surface area (TPSA) is 172 Å². The van der Waals surface area contributed by atoms with E-state index < -0.39 is 25.2 Å². The van der Waals surface area contributed by atoms with Crippen molar-refractivity contribution >= 4 is 38.1 Å². The lowest BCUT2D eigenvalue weighted by atomic mass is 10.0. The van der Waals surface area contributed by atoms with Crippen molar-refractivity contribution in [2.45, 2.75) is 13.1 Å². The maximum atomic E-state index is 11.3. The van der Waals surface area contributed by atoms with E-state index in [1.54, 1.807) is 24.3 Å². The summed E-state index contributed by atoms with van der Waals surface area (Å²) in [4.78, 5) is 21.8. The largest absolute Gasteiger partial charge is 0.422 e. The molecule has 2 N–H and O–H groups in total. The van der Waals surface area contributed by atoms with Crippen LogP contribution in [0.15, 0.2) is 179 Å². The molecule has 9 rings (SSSR count). The van der Waals surface area contributed by atoms with Gasteiger partial charge in [-0.2, -0.15) is 0 Å². The van der Waals surface area contributed by atoms with Gasteiger partial charge in [-0.15, -0.1) is 0 Å². The molecule has 0 aliphatic carbocycles. The molecule has 0 aromatic heterocycles. The molecule has 0 bridgehead atoms. The van der Waals surface area contributed by atoms with Crippen molar-refractivity contribution in [3.8, 4) is 45.3 Å². The minimum absolute atomic E-state index is 0.0173. The number of anilines is 2. The Kier molecular flexibility index (Phi) is 10.2. The molecule has 0 saturated carbocycles. The maximum absolute atomic E-state index is 11.3. The van der Waals surface area contributed by atoms with Crippen LogP contribution in [0.2, 0.25) is 0 Å². The highest BCUT2D eigenvalue weighted by atomic mass is 31.2. The second kappa shape index (κ2) is 16.1. The van der Waals surface area contributed by atoms with Crippen LogP contribution < -0.4 is 28.3 Å². The Morgan fingerprint density at radius 1 is 0.417 bits per heavy atom. The van der Waals surface area contributed by atoms with E-state index in [4.69, 9.17) is 27.6 Å². The summed E-state index contributed by atoms with van der Waals surface area (Å²) in [5.74, 6) is 2.33. The number of non-ortho nitro benzene ring substituents is 2. The first-order chi connectivity index (χ1) is 29.2. The van der Waals surface area contributed by atoms with Crippen LogP contribution in [0.25, 0.3) is 22.3 Å². The average Bonchev–Trinajstić information content (AvgIpc) is 3.50. The number of nitrogens with one attached hydrogen (secondary N) is 2. The molecule has 0 unspecified atom stereocenters. The van der Waals surface area contributed by atoms with E-state index in [-0.39, 0.29) is 24.5 Å². The zero-order valence-corrected chi connectivity index (χ0v) is 33.3. The van der Waals surface area contributed by atoms with Crippen LogP contribution in [0.1, 0.15) is 11.1 Å². The first-order valence-corrected chi connectivity index (χ1v) is 21.8. The van der Waals surface area contributed by atoms with Gasteiger partial charge in [-0.25, -0.2) is 9.49 Å². The Hall–Kier alpha value is -7.40. The van der Waals surface area contributed by atoms with Crippen molar-refractivity contribution in [2.75, 3.05) is 10.2 Å². The van der Waals surface area contributed by atoms with Crippen molar-refractivity contribution in [1.82, 2.24) is 0 Å². The highest BCUT2D eigenvalue weighted by molar-refractivity contribution is 7.59. The number of hydrogen-bond acceptors (Lipinski definition) is 10. The first-order valence-electron chi connectivity index (χ1n) is 18.7. The molecular weight excluding hydrogens is 802 g/mol. The quantitative estimate of drug-likeness (QED) is 0.0767. The molecule has 2 aliphatic rings. The maximum Gasteiger partial charge on any atom is 0.422 e. The third-order valence-electron chi connectivity index (χ3n) is 9.62. The lowest BCUT2D eigenvalue weighted by Crippen LogP contribution is -2.11. The summed E-state index contributed by atoms with van der Waals surface area (Å²) in [6, 6.07) is 50.5. The van der Waals surface area contributed by atoms with Crippen LogP contribution in [0, 0.1) is 20.2 Å². The monoisotopic (exact) mass is 836 g/mol. The predicted octanol–water partition coefficient (Wildman–Crippen LogP) is 12.9. The van der Waals surface area contributed by atoms with E-state index in [0.29, 0.717) is 34.4 Å². The summed E-state index contributed by atoms with van der Waals surface area (Å²) in [5, 5.41) is 29.6. The smallest absolute Gasteiger partial charge is 0.414 e. The van der Waals surface area contributed by atoms with Crippen molar-refractivity contribution in [3.63, 3.8) is 0 Å². The van der Waals surface area contributed by atoms with Crippen molar-refractivity contribution in [2.24, 2.45) is 9.49 Å². The third kappa shape index (κ3) is 8.02. The fourth-order valence-corrected chi connectivity index (χ4v) is 10.6. The molecule has 0 atom stereocenters. The zero-order valence-electron chi connectivity index (χ0n) is 31.5. The number of nitrogens with zero attached hydrogens (tertiary/aromatic N) is 4. The average molecular weight is 837 g/mol. The zero-order chi connectivity index (χ0) is 41.1. The van der Waals surface area contributed by atoms with Crippen LogP contribution in [0.3, 0.4) is 0 Å². The normalized spacial score (nSPS) is 13.9. The number of nitro benzene ring substituents is 2. The Balaban J connectivity index is 1.08. The SMILES string of the molecule is O=[N+]([O-])c1ccc(CN=P2(Nc3ccc(NP4(=NCc5ccc([N+](=O)[O-])cc5)Oc5ccccc5-c5ccccc5O4)cc3)Oc3ccccc3-c3ccccc3O2)cc1. The van der Waals surface area contributed by atoms with E-state index in [0.717, 1.165) is 33.4 Å². The second-order valence-corrected chi connectivity index (χ2v) is 17.5. The standard InChI is InChI=1S/C44H34N6O8P2/c51-49(52)35-25-17-31(18-26-35)29-45-59(55-41-13-5-1-9-37(41)38-10-2-6-14-42(38)56-59)47-33-21-23-34(24-22-33)48-60(46-30-32-19-27-36(28-20-32)50(53)54)57-43-15-7-3-11-39(43)40-12-4-8-16-44(40)58-60/h1-28,47-48H,29-30H2. The van der Waals surface area contributed by atoms with Crippen molar-refractivity contribution in [1.29, 1.82) is 0 Å². The number of nitro groups is 2. The number of benzene rings is 7. The molecule has 7 aromatic carbocycles. The molecule has 0 amide bonds. The van der Waals surface area contributed by atoms with Gasteiger partial charge in [-0.05, 0) is 59.7 Å². The highest BCUT2D eigenvalue weighted by Crippen LogP contribution is 2.60. The molecular formula is C44H34N6O8P2. The van der Waals surface area contributed by atoms with E-state index in [1.165, 1.54) is 24.3 Å². The molecule has 2 heterocycles. The number of para-hydroxylation sites is 4. The molecule has 16 heteroatoms. The van der Waals surface area contributed by atoms with Crippen LogP contribution in [0.5, 0.6) is 23.0 Å². The molecule has 7 aromatic rings. The third-order valence-corrected chi connectivity index (χ3v) is 13.5. The minimum Gasteiger partial charge on any atom is -0.414 e. The van der Waals surface area contributed by atoms with E-state index >= 15 is 0 Å². The van der Waals surface area contributed by atoms with Gasteiger partial charge >= 0.3 is 15.3 Å². The summed E-state index contributed by atoms with van der Waals surface area (Å²) in [7, 11) is -6.79. The molecule has 60 heavy (non-hydrogen) atoms. The van der Waals surface area contributed by atoms with Crippen molar-refractivity contribution < 1.29 is 27.9 Å².